The smallest absolute Gasteiger partial charge is 0.319 e. The van der Waals surface area contributed by atoms with E-state index in [-0.39, 0.29) is 25.0 Å². The fraction of sp³-hybridized carbons (Fsp3) is 0.385. The van der Waals surface area contributed by atoms with Gasteiger partial charge in [0.2, 0.25) is 5.91 Å². The molecule has 1 aromatic rings. The van der Waals surface area contributed by atoms with E-state index in [0.29, 0.717) is 5.69 Å². The van der Waals surface area contributed by atoms with Crippen molar-refractivity contribution >= 4 is 17.6 Å². The SMILES string of the molecule is CNC(C)c1ccc(NC(=O)NCCC(N)=O)cc1. The first-order valence-corrected chi connectivity index (χ1v) is 6.13. The van der Waals surface area contributed by atoms with E-state index in [4.69, 9.17) is 5.73 Å². The number of rotatable bonds is 6. The predicted molar refractivity (Wildman–Crippen MR) is 74.7 cm³/mol. The molecule has 104 valence electrons. The van der Waals surface area contributed by atoms with E-state index in [1.165, 1.54) is 0 Å². The van der Waals surface area contributed by atoms with Crippen LogP contribution in [0.25, 0.3) is 0 Å². The number of hydrogen-bond acceptors (Lipinski definition) is 3. The molecule has 3 amide bonds. The number of carbonyl (C=O) groups is 2. The van der Waals surface area contributed by atoms with Crippen molar-refractivity contribution in [3.05, 3.63) is 29.8 Å². The van der Waals surface area contributed by atoms with Gasteiger partial charge < -0.3 is 21.7 Å². The van der Waals surface area contributed by atoms with Crippen LogP contribution in [-0.2, 0) is 4.79 Å². The first-order chi connectivity index (χ1) is 9.02. The van der Waals surface area contributed by atoms with Crippen molar-refractivity contribution in [1.82, 2.24) is 10.6 Å². The van der Waals surface area contributed by atoms with E-state index >= 15 is 0 Å². The molecule has 1 rings (SSSR count). The van der Waals surface area contributed by atoms with Crippen LogP contribution in [0.4, 0.5) is 10.5 Å². The van der Waals surface area contributed by atoms with Crippen LogP contribution in [0.15, 0.2) is 24.3 Å². The van der Waals surface area contributed by atoms with Gasteiger partial charge in [0.15, 0.2) is 0 Å². The Balaban J connectivity index is 2.44. The highest BCUT2D eigenvalue weighted by Crippen LogP contribution is 2.15. The zero-order valence-corrected chi connectivity index (χ0v) is 11.2. The van der Waals surface area contributed by atoms with Gasteiger partial charge >= 0.3 is 6.03 Å². The van der Waals surface area contributed by atoms with Crippen molar-refractivity contribution in [3.63, 3.8) is 0 Å². The number of urea groups is 1. The van der Waals surface area contributed by atoms with Gasteiger partial charge in [0, 0.05) is 24.7 Å². The van der Waals surface area contributed by atoms with Crippen LogP contribution in [0.5, 0.6) is 0 Å². The summed E-state index contributed by atoms with van der Waals surface area (Å²) in [7, 11) is 1.89. The van der Waals surface area contributed by atoms with Crippen molar-refractivity contribution in [2.45, 2.75) is 19.4 Å². The Kier molecular flexibility index (Phi) is 5.81. The molecule has 5 N–H and O–H groups in total. The monoisotopic (exact) mass is 264 g/mol. The molecule has 1 aromatic carbocycles. The highest BCUT2D eigenvalue weighted by atomic mass is 16.2. The maximum Gasteiger partial charge on any atom is 0.319 e. The van der Waals surface area contributed by atoms with Gasteiger partial charge in [-0.2, -0.15) is 0 Å². The molecule has 0 saturated carbocycles. The molecule has 0 aliphatic heterocycles. The van der Waals surface area contributed by atoms with Crippen LogP contribution in [0.3, 0.4) is 0 Å². The number of nitrogens with one attached hydrogen (secondary N) is 3. The fourth-order valence-corrected chi connectivity index (χ4v) is 1.50. The molecule has 1 atom stereocenters. The van der Waals surface area contributed by atoms with E-state index in [9.17, 15) is 9.59 Å². The summed E-state index contributed by atoms with van der Waals surface area (Å²) in [6, 6.07) is 7.46. The Labute approximate surface area is 112 Å². The topological polar surface area (TPSA) is 96.2 Å². The predicted octanol–water partition coefficient (Wildman–Crippen LogP) is 0.964. The average molecular weight is 264 g/mol. The normalized spacial score (nSPS) is 11.7. The lowest BCUT2D eigenvalue weighted by Gasteiger charge is -2.12. The minimum Gasteiger partial charge on any atom is -0.370 e. The van der Waals surface area contributed by atoms with Gasteiger partial charge in [0.1, 0.15) is 0 Å². The van der Waals surface area contributed by atoms with Gasteiger partial charge in [-0.3, -0.25) is 4.79 Å². The minimum atomic E-state index is -0.439. The van der Waals surface area contributed by atoms with Gasteiger partial charge in [0.05, 0.1) is 0 Å². The number of anilines is 1. The summed E-state index contributed by atoms with van der Waals surface area (Å²) in [5.74, 6) is -0.439. The summed E-state index contributed by atoms with van der Waals surface area (Å²) in [5, 5.41) is 8.36. The first kappa shape index (κ1) is 15.0. The largest absolute Gasteiger partial charge is 0.370 e. The Hall–Kier alpha value is -2.08. The van der Waals surface area contributed by atoms with E-state index in [0.717, 1.165) is 5.56 Å². The Morgan fingerprint density at radius 1 is 1.26 bits per heavy atom. The molecule has 6 nitrogen and oxygen atoms in total. The van der Waals surface area contributed by atoms with Crippen molar-refractivity contribution in [2.75, 3.05) is 18.9 Å². The molecule has 0 spiro atoms. The quantitative estimate of drug-likeness (QED) is 0.616. The zero-order valence-electron chi connectivity index (χ0n) is 11.2. The van der Waals surface area contributed by atoms with Crippen molar-refractivity contribution in [3.8, 4) is 0 Å². The molecular weight excluding hydrogens is 244 g/mol. The third-order valence-corrected chi connectivity index (χ3v) is 2.76. The fourth-order valence-electron chi connectivity index (χ4n) is 1.50. The number of primary amides is 1. The molecule has 6 heteroatoms. The maximum atomic E-state index is 11.5. The lowest BCUT2D eigenvalue weighted by Crippen LogP contribution is -2.31. The highest BCUT2D eigenvalue weighted by Gasteiger charge is 2.04. The third kappa shape index (κ3) is 5.39. The Bertz CT molecular complexity index is 431. The van der Waals surface area contributed by atoms with Crippen LogP contribution in [0, 0.1) is 0 Å². The summed E-state index contributed by atoms with van der Waals surface area (Å²) < 4.78 is 0. The summed E-state index contributed by atoms with van der Waals surface area (Å²) >= 11 is 0. The molecule has 0 aliphatic carbocycles. The maximum absolute atomic E-state index is 11.5. The molecule has 0 bridgehead atoms. The van der Waals surface area contributed by atoms with Crippen LogP contribution >= 0.6 is 0 Å². The van der Waals surface area contributed by atoms with Crippen LogP contribution in [0.1, 0.15) is 24.9 Å². The number of carbonyl (C=O) groups excluding carboxylic acids is 2. The molecule has 0 fully saturated rings. The summed E-state index contributed by atoms with van der Waals surface area (Å²) in [6.45, 7) is 2.29. The van der Waals surface area contributed by atoms with Crippen LogP contribution < -0.4 is 21.7 Å². The van der Waals surface area contributed by atoms with Crippen molar-refractivity contribution in [2.24, 2.45) is 5.73 Å². The van der Waals surface area contributed by atoms with E-state index in [1.54, 1.807) is 0 Å². The molecule has 0 radical (unpaired) electrons. The third-order valence-electron chi connectivity index (χ3n) is 2.76. The minimum absolute atomic E-state index is 0.131. The number of nitrogens with two attached hydrogens (primary N) is 1. The van der Waals surface area contributed by atoms with Gasteiger partial charge in [0.25, 0.3) is 0 Å². The second kappa shape index (κ2) is 7.38. The van der Waals surface area contributed by atoms with Crippen LogP contribution in [-0.4, -0.2) is 25.5 Å². The summed E-state index contributed by atoms with van der Waals surface area (Å²) in [4.78, 5) is 22.0. The van der Waals surface area contributed by atoms with E-state index in [2.05, 4.69) is 22.9 Å². The molecule has 0 aromatic heterocycles. The molecule has 0 heterocycles. The molecule has 1 unspecified atom stereocenters. The zero-order chi connectivity index (χ0) is 14.3. The second-order valence-corrected chi connectivity index (χ2v) is 4.23. The molecule has 0 saturated heterocycles. The molecule has 19 heavy (non-hydrogen) atoms. The van der Waals surface area contributed by atoms with Crippen LogP contribution in [0.2, 0.25) is 0 Å². The van der Waals surface area contributed by atoms with Gasteiger partial charge in [-0.25, -0.2) is 4.79 Å². The summed E-state index contributed by atoms with van der Waals surface area (Å²) in [6.07, 6.45) is 0.131. The first-order valence-electron chi connectivity index (χ1n) is 6.13. The highest BCUT2D eigenvalue weighted by molar-refractivity contribution is 5.89. The average Bonchev–Trinajstić information content (AvgIpc) is 2.38. The van der Waals surface area contributed by atoms with E-state index < -0.39 is 5.91 Å². The van der Waals surface area contributed by atoms with E-state index in [1.807, 2.05) is 31.3 Å². The number of hydrogen-bond donors (Lipinski definition) is 4. The van der Waals surface area contributed by atoms with Gasteiger partial charge in [-0.05, 0) is 31.7 Å². The number of amides is 3. The van der Waals surface area contributed by atoms with Gasteiger partial charge in [-0.1, -0.05) is 12.1 Å². The van der Waals surface area contributed by atoms with Gasteiger partial charge in [-0.15, -0.1) is 0 Å². The lowest BCUT2D eigenvalue weighted by atomic mass is 10.1. The standard InChI is InChI=1S/C13H20N4O2/c1-9(15-2)10-3-5-11(6-4-10)17-13(19)16-8-7-12(14)18/h3-6,9,15H,7-8H2,1-2H3,(H2,14,18)(H2,16,17,19). The lowest BCUT2D eigenvalue weighted by molar-refractivity contribution is -0.117. The molecular formula is C13H20N4O2. The second-order valence-electron chi connectivity index (χ2n) is 4.23. The van der Waals surface area contributed by atoms with Crippen molar-refractivity contribution < 1.29 is 9.59 Å². The Morgan fingerprint density at radius 2 is 1.89 bits per heavy atom. The number of benzene rings is 1. The summed E-state index contributed by atoms with van der Waals surface area (Å²) in [5.41, 5.74) is 6.81. The molecule has 0 aliphatic rings. The Morgan fingerprint density at radius 3 is 2.42 bits per heavy atom. The van der Waals surface area contributed by atoms with Crippen molar-refractivity contribution in [1.29, 1.82) is 0 Å².